The molecule has 0 aliphatic carbocycles. The van der Waals surface area contributed by atoms with Crippen LogP contribution in [0.25, 0.3) is 33.2 Å². The lowest BCUT2D eigenvalue weighted by atomic mass is 10.0. The van der Waals surface area contributed by atoms with Gasteiger partial charge < -0.3 is 9.52 Å². The van der Waals surface area contributed by atoms with Crippen LogP contribution < -0.4 is 0 Å². The second-order valence-corrected chi connectivity index (χ2v) is 7.52. The minimum Gasteiger partial charge on any atom is -0.493 e. The van der Waals surface area contributed by atoms with E-state index in [2.05, 4.69) is 12.6 Å². The highest BCUT2D eigenvalue weighted by Crippen LogP contribution is 2.36. The molecule has 0 aliphatic heterocycles. The SMILES string of the molecule is C=C(c1ccc2oc3ccccc3c2c1)c1c(O)n(CC)c(=S)n1-c1ccccc1. The van der Waals surface area contributed by atoms with Crippen LogP contribution in [0.15, 0.2) is 83.8 Å². The summed E-state index contributed by atoms with van der Waals surface area (Å²) in [5, 5.41) is 13.1. The summed E-state index contributed by atoms with van der Waals surface area (Å²) >= 11 is 5.69. The monoisotopic (exact) mass is 412 g/mol. The summed E-state index contributed by atoms with van der Waals surface area (Å²) in [4.78, 5) is 0. The van der Waals surface area contributed by atoms with Crippen molar-refractivity contribution in [2.24, 2.45) is 0 Å². The molecule has 0 fully saturated rings. The summed E-state index contributed by atoms with van der Waals surface area (Å²) in [5.74, 6) is 0.119. The van der Waals surface area contributed by atoms with Gasteiger partial charge in [-0.1, -0.05) is 49.0 Å². The third-order valence-corrected chi connectivity index (χ3v) is 5.86. The van der Waals surface area contributed by atoms with E-state index < -0.39 is 0 Å². The first-order valence-electron chi connectivity index (χ1n) is 9.81. The van der Waals surface area contributed by atoms with Gasteiger partial charge in [0, 0.05) is 28.6 Å². The van der Waals surface area contributed by atoms with Crippen molar-refractivity contribution in [1.29, 1.82) is 0 Å². The van der Waals surface area contributed by atoms with E-state index in [1.807, 2.05) is 78.2 Å². The predicted octanol–water partition coefficient (Wildman–Crippen LogP) is 6.69. The predicted molar refractivity (Wildman–Crippen MR) is 124 cm³/mol. The van der Waals surface area contributed by atoms with E-state index in [4.69, 9.17) is 16.6 Å². The zero-order valence-corrected chi connectivity index (χ0v) is 17.3. The number of rotatable bonds is 4. The number of benzene rings is 3. The van der Waals surface area contributed by atoms with Crippen LogP contribution in [-0.2, 0) is 6.54 Å². The van der Waals surface area contributed by atoms with E-state index >= 15 is 0 Å². The lowest BCUT2D eigenvalue weighted by Gasteiger charge is -2.11. The largest absolute Gasteiger partial charge is 0.493 e. The average molecular weight is 413 g/mol. The van der Waals surface area contributed by atoms with Crippen LogP contribution in [0, 0.1) is 4.77 Å². The fourth-order valence-electron chi connectivity index (χ4n) is 3.96. The fourth-order valence-corrected chi connectivity index (χ4v) is 4.37. The number of fused-ring (bicyclic) bond motifs is 3. The van der Waals surface area contributed by atoms with Gasteiger partial charge in [-0.3, -0.25) is 9.13 Å². The lowest BCUT2D eigenvalue weighted by Crippen LogP contribution is -2.01. The van der Waals surface area contributed by atoms with Gasteiger partial charge in [0.05, 0.1) is 0 Å². The summed E-state index contributed by atoms with van der Waals surface area (Å²) in [7, 11) is 0. The Labute approximate surface area is 178 Å². The number of imidazole rings is 1. The topological polar surface area (TPSA) is 43.2 Å². The highest BCUT2D eigenvalue weighted by molar-refractivity contribution is 7.71. The van der Waals surface area contributed by atoms with Crippen LogP contribution in [0.2, 0.25) is 0 Å². The summed E-state index contributed by atoms with van der Waals surface area (Å²) in [6.07, 6.45) is 0. The summed E-state index contributed by atoms with van der Waals surface area (Å²) in [6.45, 7) is 6.86. The zero-order valence-electron chi connectivity index (χ0n) is 16.5. The second-order valence-electron chi connectivity index (χ2n) is 7.16. The Morgan fingerprint density at radius 2 is 1.67 bits per heavy atom. The Bertz CT molecular complexity index is 1470. The summed E-state index contributed by atoms with van der Waals surface area (Å²) in [6, 6.07) is 23.7. The third-order valence-electron chi connectivity index (χ3n) is 5.45. The molecular weight excluding hydrogens is 392 g/mol. The maximum Gasteiger partial charge on any atom is 0.218 e. The van der Waals surface area contributed by atoms with Crippen LogP contribution in [-0.4, -0.2) is 14.2 Å². The second kappa shape index (κ2) is 7.04. The molecule has 1 N–H and O–H groups in total. The molecule has 3 aromatic carbocycles. The molecule has 0 amide bonds. The zero-order chi connectivity index (χ0) is 20.8. The van der Waals surface area contributed by atoms with Gasteiger partial charge in [-0.05, 0) is 55.0 Å². The molecule has 2 heterocycles. The smallest absolute Gasteiger partial charge is 0.218 e. The van der Waals surface area contributed by atoms with Crippen molar-refractivity contribution in [3.63, 3.8) is 0 Å². The maximum absolute atomic E-state index is 11.0. The van der Waals surface area contributed by atoms with Gasteiger partial charge in [0.15, 0.2) is 4.77 Å². The number of hydrogen-bond donors (Lipinski definition) is 1. The van der Waals surface area contributed by atoms with Crippen molar-refractivity contribution in [3.8, 4) is 11.6 Å². The molecule has 5 heteroatoms. The normalized spacial score (nSPS) is 11.4. The first-order chi connectivity index (χ1) is 14.6. The van der Waals surface area contributed by atoms with Gasteiger partial charge in [-0.2, -0.15) is 0 Å². The molecule has 148 valence electrons. The van der Waals surface area contributed by atoms with E-state index in [1.54, 1.807) is 4.57 Å². The molecule has 5 rings (SSSR count). The molecule has 0 radical (unpaired) electrons. The number of aromatic hydroxyl groups is 1. The van der Waals surface area contributed by atoms with Crippen LogP contribution in [0.5, 0.6) is 5.88 Å². The molecule has 0 unspecified atom stereocenters. The van der Waals surface area contributed by atoms with Crippen molar-refractivity contribution < 1.29 is 9.52 Å². The summed E-state index contributed by atoms with van der Waals surface area (Å²) in [5.41, 5.74) is 4.75. The van der Waals surface area contributed by atoms with Crippen molar-refractivity contribution in [2.45, 2.75) is 13.5 Å². The Morgan fingerprint density at radius 1 is 0.967 bits per heavy atom. The highest BCUT2D eigenvalue weighted by Gasteiger charge is 2.21. The van der Waals surface area contributed by atoms with Crippen LogP contribution >= 0.6 is 12.2 Å². The first-order valence-corrected chi connectivity index (χ1v) is 10.2. The van der Waals surface area contributed by atoms with Crippen LogP contribution in [0.1, 0.15) is 18.2 Å². The molecule has 4 nitrogen and oxygen atoms in total. The Kier molecular flexibility index (Phi) is 4.33. The number of nitrogens with zero attached hydrogens (tertiary/aromatic N) is 2. The van der Waals surface area contributed by atoms with Gasteiger partial charge in [0.1, 0.15) is 16.9 Å². The van der Waals surface area contributed by atoms with Gasteiger partial charge in [0.2, 0.25) is 5.88 Å². The Balaban J connectivity index is 1.74. The average Bonchev–Trinajstić information content (AvgIpc) is 3.27. The first kappa shape index (κ1) is 18.5. The molecule has 0 saturated carbocycles. The number of aromatic nitrogens is 2. The summed E-state index contributed by atoms with van der Waals surface area (Å²) < 4.78 is 10.1. The molecule has 0 aliphatic rings. The van der Waals surface area contributed by atoms with E-state index in [-0.39, 0.29) is 5.88 Å². The quantitative estimate of drug-likeness (QED) is 0.334. The molecule has 2 aromatic heterocycles. The Morgan fingerprint density at radius 3 is 2.43 bits per heavy atom. The molecule has 5 aromatic rings. The highest BCUT2D eigenvalue weighted by atomic mass is 32.1. The maximum atomic E-state index is 11.0. The number of para-hydroxylation sites is 2. The molecule has 0 bridgehead atoms. The Hall–Kier alpha value is -3.57. The molecule has 0 atom stereocenters. The van der Waals surface area contributed by atoms with Crippen molar-refractivity contribution in [1.82, 2.24) is 9.13 Å². The molecular formula is C25H20N2O2S. The standard InChI is InChI=1S/C25H20N2O2S/c1-3-26-24(28)23(27(25(26)30)18-9-5-4-6-10-18)16(2)17-13-14-22-20(15-17)19-11-7-8-12-21(19)29-22/h4-15,28H,2-3H2,1H3. The van der Waals surface area contributed by atoms with Gasteiger partial charge in [-0.15, -0.1) is 0 Å². The van der Waals surface area contributed by atoms with E-state index in [0.29, 0.717) is 22.6 Å². The van der Waals surface area contributed by atoms with Crippen LogP contribution in [0.4, 0.5) is 0 Å². The molecule has 30 heavy (non-hydrogen) atoms. The van der Waals surface area contributed by atoms with E-state index in [0.717, 1.165) is 33.2 Å². The number of hydrogen-bond acceptors (Lipinski definition) is 3. The minimum absolute atomic E-state index is 0.119. The molecule has 0 spiro atoms. The lowest BCUT2D eigenvalue weighted by molar-refractivity contribution is 0.419. The van der Waals surface area contributed by atoms with Crippen LogP contribution in [0.3, 0.4) is 0 Å². The van der Waals surface area contributed by atoms with E-state index in [9.17, 15) is 5.11 Å². The molecule has 0 saturated heterocycles. The van der Waals surface area contributed by atoms with E-state index in [1.165, 1.54) is 0 Å². The number of furan rings is 1. The minimum atomic E-state index is 0.119. The fraction of sp³-hybridized carbons (Fsp3) is 0.0800. The van der Waals surface area contributed by atoms with Crippen molar-refractivity contribution in [3.05, 3.63) is 95.4 Å². The van der Waals surface area contributed by atoms with Gasteiger partial charge >= 0.3 is 0 Å². The van der Waals surface area contributed by atoms with Crippen molar-refractivity contribution in [2.75, 3.05) is 0 Å². The van der Waals surface area contributed by atoms with Gasteiger partial charge in [-0.25, -0.2) is 0 Å². The van der Waals surface area contributed by atoms with Crippen molar-refractivity contribution >= 4 is 39.7 Å². The third kappa shape index (κ3) is 2.70. The van der Waals surface area contributed by atoms with Gasteiger partial charge in [0.25, 0.3) is 0 Å².